The number of rotatable bonds is 7. The monoisotopic (exact) mass is 476 g/mol. The van der Waals surface area contributed by atoms with Gasteiger partial charge in [0, 0.05) is 16.9 Å². The topological polar surface area (TPSA) is 92.3 Å². The number of amides is 2. The van der Waals surface area contributed by atoms with Crippen LogP contribution in [0.3, 0.4) is 0 Å². The van der Waals surface area contributed by atoms with Crippen molar-refractivity contribution >= 4 is 44.4 Å². The molecule has 2 amide bonds. The first-order valence-electron chi connectivity index (χ1n) is 10.0. The maximum absolute atomic E-state index is 12.6. The molecule has 0 fully saturated rings. The van der Waals surface area contributed by atoms with Gasteiger partial charge >= 0.3 is 0 Å². The van der Waals surface area contributed by atoms with E-state index in [1.165, 1.54) is 11.3 Å². The zero-order valence-electron chi connectivity index (χ0n) is 17.4. The van der Waals surface area contributed by atoms with E-state index >= 15 is 0 Å². The molecule has 4 rings (SSSR count). The molecule has 2 N–H and O–H groups in total. The van der Waals surface area contributed by atoms with Gasteiger partial charge in [0.15, 0.2) is 9.84 Å². The number of hydrogen-bond donors (Lipinski definition) is 2. The largest absolute Gasteiger partial charge is 0.322 e. The molecule has 6 nitrogen and oxygen atoms in total. The lowest BCUT2D eigenvalue weighted by atomic mass is 10.1. The van der Waals surface area contributed by atoms with Crippen molar-refractivity contribution in [2.24, 2.45) is 0 Å². The van der Waals surface area contributed by atoms with Gasteiger partial charge in [-0.3, -0.25) is 9.59 Å². The van der Waals surface area contributed by atoms with Crippen molar-refractivity contribution < 1.29 is 18.0 Å². The number of thiophene rings is 1. The predicted octanol–water partition coefficient (Wildman–Crippen LogP) is 5.23. The van der Waals surface area contributed by atoms with Gasteiger partial charge < -0.3 is 10.6 Å². The van der Waals surface area contributed by atoms with Crippen molar-refractivity contribution in [3.05, 3.63) is 112 Å². The van der Waals surface area contributed by atoms with E-state index in [0.29, 0.717) is 27.4 Å². The molecule has 0 radical (unpaired) electrons. The van der Waals surface area contributed by atoms with E-state index in [-0.39, 0.29) is 22.5 Å². The predicted molar refractivity (Wildman–Crippen MR) is 130 cm³/mol. The van der Waals surface area contributed by atoms with Crippen LogP contribution in [0.5, 0.6) is 0 Å². The van der Waals surface area contributed by atoms with Gasteiger partial charge in [-0.15, -0.1) is 11.3 Å². The van der Waals surface area contributed by atoms with Gasteiger partial charge in [-0.25, -0.2) is 8.42 Å². The number of anilines is 2. The standard InChI is InChI=1S/C25H20N2O4S2/c28-24(26-20-12-14-21(15-13-20)27-25(29)23-7-4-16-32-23)19-10-8-18(9-11-19)17-33(30,31)22-5-2-1-3-6-22/h1-16H,17H2,(H,26,28)(H,27,29). The molecule has 0 spiro atoms. The first kappa shape index (κ1) is 22.4. The number of carbonyl (C=O) groups excluding carboxylic acids is 2. The van der Waals surface area contributed by atoms with E-state index in [0.717, 1.165) is 0 Å². The van der Waals surface area contributed by atoms with Gasteiger partial charge in [0.25, 0.3) is 11.8 Å². The average Bonchev–Trinajstić information content (AvgIpc) is 3.36. The third-order valence-corrected chi connectivity index (χ3v) is 7.39. The summed E-state index contributed by atoms with van der Waals surface area (Å²) in [6.45, 7) is 0. The van der Waals surface area contributed by atoms with Crippen LogP contribution in [0.2, 0.25) is 0 Å². The van der Waals surface area contributed by atoms with Crippen LogP contribution >= 0.6 is 11.3 Å². The van der Waals surface area contributed by atoms with E-state index in [9.17, 15) is 18.0 Å². The van der Waals surface area contributed by atoms with Gasteiger partial charge in [0.1, 0.15) is 0 Å². The first-order valence-corrected chi connectivity index (χ1v) is 12.6. The fourth-order valence-corrected chi connectivity index (χ4v) is 5.11. The number of benzene rings is 3. The van der Waals surface area contributed by atoms with Gasteiger partial charge in [0.05, 0.1) is 15.5 Å². The van der Waals surface area contributed by atoms with Crippen molar-refractivity contribution in [3.8, 4) is 0 Å². The fraction of sp³-hybridized carbons (Fsp3) is 0.0400. The minimum absolute atomic E-state index is 0.141. The molecular formula is C25H20N2O4S2. The maximum Gasteiger partial charge on any atom is 0.265 e. The molecular weight excluding hydrogens is 456 g/mol. The summed E-state index contributed by atoms with van der Waals surface area (Å²) < 4.78 is 25.0. The van der Waals surface area contributed by atoms with E-state index < -0.39 is 9.84 Å². The summed E-state index contributed by atoms with van der Waals surface area (Å²) in [4.78, 5) is 25.5. The Kier molecular flexibility index (Phi) is 6.67. The Morgan fingerprint density at radius 2 is 1.30 bits per heavy atom. The van der Waals surface area contributed by atoms with Crippen LogP contribution in [0.4, 0.5) is 11.4 Å². The van der Waals surface area contributed by atoms with Gasteiger partial charge in [-0.05, 0) is 65.5 Å². The average molecular weight is 477 g/mol. The third-order valence-electron chi connectivity index (χ3n) is 4.82. The Morgan fingerprint density at radius 3 is 1.88 bits per heavy atom. The summed E-state index contributed by atoms with van der Waals surface area (Å²) in [7, 11) is -3.45. The highest BCUT2D eigenvalue weighted by Crippen LogP contribution is 2.19. The summed E-state index contributed by atoms with van der Waals surface area (Å²) >= 11 is 1.36. The molecule has 33 heavy (non-hydrogen) atoms. The molecule has 0 unspecified atom stereocenters. The van der Waals surface area contributed by atoms with Crippen LogP contribution in [0.1, 0.15) is 25.6 Å². The molecule has 166 valence electrons. The van der Waals surface area contributed by atoms with E-state index in [1.54, 1.807) is 84.9 Å². The van der Waals surface area contributed by atoms with Crippen molar-refractivity contribution in [2.75, 3.05) is 10.6 Å². The summed E-state index contributed by atoms with van der Waals surface area (Å²) in [6.07, 6.45) is 0. The highest BCUT2D eigenvalue weighted by atomic mass is 32.2. The fourth-order valence-electron chi connectivity index (χ4n) is 3.12. The van der Waals surface area contributed by atoms with Crippen LogP contribution < -0.4 is 10.6 Å². The molecule has 1 heterocycles. The summed E-state index contributed by atoms with van der Waals surface area (Å²) in [5.74, 6) is -0.642. The summed E-state index contributed by atoms with van der Waals surface area (Å²) in [6, 6.07) is 25.1. The van der Waals surface area contributed by atoms with Crippen LogP contribution in [-0.2, 0) is 15.6 Å². The van der Waals surface area contributed by atoms with Crippen molar-refractivity contribution in [3.63, 3.8) is 0 Å². The SMILES string of the molecule is O=C(Nc1ccc(NC(=O)c2cccs2)cc1)c1ccc(CS(=O)(=O)c2ccccc2)cc1. The highest BCUT2D eigenvalue weighted by Gasteiger charge is 2.15. The molecule has 0 saturated carbocycles. The van der Waals surface area contributed by atoms with Crippen LogP contribution in [0.15, 0.2) is 101 Å². The quantitative estimate of drug-likeness (QED) is 0.382. The number of nitrogens with one attached hydrogen (secondary N) is 2. The second kappa shape index (κ2) is 9.81. The van der Waals surface area contributed by atoms with Crippen molar-refractivity contribution in [1.82, 2.24) is 0 Å². The Balaban J connectivity index is 1.36. The molecule has 1 aromatic heterocycles. The van der Waals surface area contributed by atoms with Crippen LogP contribution in [0.25, 0.3) is 0 Å². The zero-order valence-corrected chi connectivity index (χ0v) is 19.0. The van der Waals surface area contributed by atoms with E-state index in [4.69, 9.17) is 0 Å². The minimum atomic E-state index is -3.45. The third kappa shape index (κ3) is 5.74. The lowest BCUT2D eigenvalue weighted by Crippen LogP contribution is -2.13. The minimum Gasteiger partial charge on any atom is -0.322 e. The van der Waals surface area contributed by atoms with E-state index in [2.05, 4.69) is 10.6 Å². The molecule has 0 bridgehead atoms. The highest BCUT2D eigenvalue weighted by molar-refractivity contribution is 7.90. The second-order valence-corrected chi connectivity index (χ2v) is 10.2. The number of sulfone groups is 1. The van der Waals surface area contributed by atoms with Crippen LogP contribution in [0, 0.1) is 0 Å². The van der Waals surface area contributed by atoms with E-state index in [1.807, 2.05) is 11.4 Å². The molecule has 4 aromatic rings. The first-order chi connectivity index (χ1) is 15.9. The van der Waals surface area contributed by atoms with Crippen LogP contribution in [-0.4, -0.2) is 20.2 Å². The van der Waals surface area contributed by atoms with Gasteiger partial charge in [-0.1, -0.05) is 36.4 Å². The molecule has 8 heteroatoms. The van der Waals surface area contributed by atoms with Gasteiger partial charge in [0.2, 0.25) is 0 Å². The smallest absolute Gasteiger partial charge is 0.265 e. The maximum atomic E-state index is 12.6. The molecule has 0 aliphatic carbocycles. The van der Waals surface area contributed by atoms with Crippen molar-refractivity contribution in [2.45, 2.75) is 10.6 Å². The summed E-state index contributed by atoms with van der Waals surface area (Å²) in [5.41, 5.74) is 2.20. The molecule has 0 aliphatic rings. The Morgan fingerprint density at radius 1 is 0.697 bits per heavy atom. The van der Waals surface area contributed by atoms with Crippen molar-refractivity contribution in [1.29, 1.82) is 0 Å². The Hall–Kier alpha value is -3.75. The second-order valence-electron chi connectivity index (χ2n) is 7.23. The summed E-state index contributed by atoms with van der Waals surface area (Å²) in [5, 5.41) is 7.43. The molecule has 0 aliphatic heterocycles. The van der Waals surface area contributed by atoms with Gasteiger partial charge in [-0.2, -0.15) is 0 Å². The lowest BCUT2D eigenvalue weighted by Gasteiger charge is -2.09. The number of carbonyl (C=O) groups is 2. The molecule has 3 aromatic carbocycles. The zero-order chi connectivity index (χ0) is 23.3. The Bertz CT molecular complexity index is 1350. The Labute approximate surface area is 195 Å². The number of hydrogen-bond acceptors (Lipinski definition) is 5. The lowest BCUT2D eigenvalue weighted by molar-refractivity contribution is 0.102. The molecule has 0 saturated heterocycles. The normalized spacial score (nSPS) is 11.0. The molecule has 0 atom stereocenters.